The zero-order valence-corrected chi connectivity index (χ0v) is 15.8. The number of hydrogen-bond acceptors (Lipinski definition) is 3. The molecule has 0 radical (unpaired) electrons. The number of pyridine rings is 1. The van der Waals surface area contributed by atoms with Crippen LogP contribution in [-0.4, -0.2) is 19.6 Å². The van der Waals surface area contributed by atoms with Crippen molar-refractivity contribution in [3.8, 4) is 11.4 Å². The predicted octanol–water partition coefficient (Wildman–Crippen LogP) is 5.49. The lowest BCUT2D eigenvalue weighted by molar-refractivity contribution is 0.935. The Morgan fingerprint density at radius 3 is 2.04 bits per heavy atom. The Balaban J connectivity index is 0.000000728. The van der Waals surface area contributed by atoms with Crippen molar-refractivity contribution in [1.82, 2.24) is 19.6 Å². The number of fused-ring (bicyclic) bond motifs is 1. The van der Waals surface area contributed by atoms with Crippen LogP contribution in [0.15, 0.2) is 36.5 Å². The Hall–Kier alpha value is -2.23. The minimum absolute atomic E-state index is 0.850. The van der Waals surface area contributed by atoms with E-state index in [1.54, 1.807) is 6.20 Å². The van der Waals surface area contributed by atoms with Gasteiger partial charge in [-0.2, -0.15) is 5.10 Å². The van der Waals surface area contributed by atoms with Crippen molar-refractivity contribution in [3.05, 3.63) is 47.9 Å². The highest BCUT2D eigenvalue weighted by Gasteiger charge is 2.12. The van der Waals surface area contributed by atoms with Gasteiger partial charge < -0.3 is 0 Å². The minimum atomic E-state index is 0.850. The van der Waals surface area contributed by atoms with Crippen LogP contribution in [-0.2, 0) is 0 Å². The van der Waals surface area contributed by atoms with Crippen molar-refractivity contribution in [2.45, 2.75) is 55.4 Å². The Bertz CT molecular complexity index is 687. The summed E-state index contributed by atoms with van der Waals surface area (Å²) in [6.45, 7) is 16.0. The Morgan fingerprint density at radius 1 is 0.783 bits per heavy atom. The molecule has 0 saturated heterocycles. The van der Waals surface area contributed by atoms with E-state index in [1.165, 1.54) is 0 Å². The molecule has 3 heterocycles. The van der Waals surface area contributed by atoms with Gasteiger partial charge in [-0.15, -0.1) is 0 Å². The lowest BCUT2D eigenvalue weighted by atomic mass is 10.2. The van der Waals surface area contributed by atoms with E-state index in [-0.39, 0.29) is 0 Å². The molecule has 3 rings (SSSR count). The molecule has 23 heavy (non-hydrogen) atoms. The van der Waals surface area contributed by atoms with Crippen LogP contribution in [0.5, 0.6) is 0 Å². The van der Waals surface area contributed by atoms with Gasteiger partial charge in [-0.1, -0.05) is 47.6 Å². The summed E-state index contributed by atoms with van der Waals surface area (Å²) in [7, 11) is 0. The van der Waals surface area contributed by atoms with Gasteiger partial charge in [-0.25, -0.2) is 9.50 Å². The molecule has 4 nitrogen and oxygen atoms in total. The molecule has 0 aromatic carbocycles. The van der Waals surface area contributed by atoms with Crippen molar-refractivity contribution >= 4 is 5.65 Å². The number of imidazole rings is 1. The van der Waals surface area contributed by atoms with Crippen LogP contribution in [0.25, 0.3) is 17.0 Å². The lowest BCUT2D eigenvalue weighted by Crippen LogP contribution is -1.96. The fraction of sp³-hybridized carbons (Fsp3) is 0.421. The normalized spacial score (nSPS) is 8.87. The molecule has 0 aliphatic rings. The lowest BCUT2D eigenvalue weighted by Gasteiger charge is -2.02. The zero-order valence-electron chi connectivity index (χ0n) is 15.8. The standard InChI is InChI=1S/C13H12N4.3C2H6/c1-9-5-3-6-11(15-9)13-10(2)16-12-7-4-8-14-17(12)13;3*1-2/h3-8H,1-2H3;3*1-2H3. The van der Waals surface area contributed by atoms with E-state index < -0.39 is 0 Å². The molecule has 0 N–H and O–H groups in total. The second-order valence-electron chi connectivity index (χ2n) is 4.00. The smallest absolute Gasteiger partial charge is 0.154 e. The first-order valence-electron chi connectivity index (χ1n) is 8.50. The summed E-state index contributed by atoms with van der Waals surface area (Å²) in [4.78, 5) is 9.01. The van der Waals surface area contributed by atoms with E-state index in [9.17, 15) is 0 Å². The van der Waals surface area contributed by atoms with Gasteiger partial charge in [0, 0.05) is 11.9 Å². The van der Waals surface area contributed by atoms with Gasteiger partial charge in [0.2, 0.25) is 0 Å². The molecule has 0 bridgehead atoms. The second-order valence-corrected chi connectivity index (χ2v) is 4.00. The highest BCUT2D eigenvalue weighted by atomic mass is 15.3. The van der Waals surface area contributed by atoms with Gasteiger partial charge in [-0.05, 0) is 38.1 Å². The number of nitrogens with zero attached hydrogens (tertiary/aromatic N) is 4. The fourth-order valence-electron chi connectivity index (χ4n) is 1.97. The molecular weight excluding hydrogens is 284 g/mol. The van der Waals surface area contributed by atoms with Gasteiger partial charge in [0.15, 0.2) is 5.65 Å². The first kappa shape index (κ1) is 20.8. The van der Waals surface area contributed by atoms with E-state index in [0.717, 1.165) is 28.4 Å². The first-order chi connectivity index (χ1) is 11.3. The van der Waals surface area contributed by atoms with Gasteiger partial charge in [-0.3, -0.25) is 4.98 Å². The van der Waals surface area contributed by atoms with E-state index in [1.807, 2.05) is 90.2 Å². The molecular formula is C19H30N4. The quantitative estimate of drug-likeness (QED) is 0.596. The van der Waals surface area contributed by atoms with Crippen LogP contribution in [0.3, 0.4) is 0 Å². The van der Waals surface area contributed by atoms with Crippen molar-refractivity contribution in [2.75, 3.05) is 0 Å². The average Bonchev–Trinajstić information content (AvgIpc) is 2.96. The molecule has 0 saturated carbocycles. The van der Waals surface area contributed by atoms with Gasteiger partial charge in [0.25, 0.3) is 0 Å². The third-order valence-corrected chi connectivity index (χ3v) is 2.70. The highest BCUT2D eigenvalue weighted by Crippen LogP contribution is 2.21. The molecule has 0 unspecified atom stereocenters. The van der Waals surface area contributed by atoms with Crippen LogP contribution in [0.1, 0.15) is 52.9 Å². The van der Waals surface area contributed by atoms with Crippen LogP contribution in [0.4, 0.5) is 0 Å². The molecule has 0 aliphatic heterocycles. The summed E-state index contributed by atoms with van der Waals surface area (Å²) in [5.41, 5.74) is 4.66. The van der Waals surface area contributed by atoms with E-state index >= 15 is 0 Å². The van der Waals surface area contributed by atoms with E-state index in [2.05, 4.69) is 15.1 Å². The topological polar surface area (TPSA) is 43.1 Å². The highest BCUT2D eigenvalue weighted by molar-refractivity contribution is 5.62. The second kappa shape index (κ2) is 11.4. The third kappa shape index (κ3) is 5.16. The number of aromatic nitrogens is 4. The van der Waals surface area contributed by atoms with Crippen LogP contribution in [0, 0.1) is 13.8 Å². The average molecular weight is 314 g/mol. The van der Waals surface area contributed by atoms with Crippen LogP contribution < -0.4 is 0 Å². The van der Waals surface area contributed by atoms with Crippen molar-refractivity contribution < 1.29 is 0 Å². The summed E-state index contributed by atoms with van der Waals surface area (Å²) >= 11 is 0. The van der Waals surface area contributed by atoms with E-state index in [0.29, 0.717) is 0 Å². The van der Waals surface area contributed by atoms with Gasteiger partial charge in [0.1, 0.15) is 5.69 Å². The number of rotatable bonds is 1. The Morgan fingerprint density at radius 2 is 1.43 bits per heavy atom. The summed E-state index contributed by atoms with van der Waals surface area (Å²) in [6, 6.07) is 9.79. The Labute approximate surface area is 140 Å². The molecule has 0 spiro atoms. The van der Waals surface area contributed by atoms with Crippen LogP contribution in [0.2, 0.25) is 0 Å². The summed E-state index contributed by atoms with van der Waals surface area (Å²) in [5.74, 6) is 0. The predicted molar refractivity (Wildman–Crippen MR) is 99.7 cm³/mol. The molecule has 3 aromatic rings. The minimum Gasteiger partial charge on any atom is -0.251 e. The maximum atomic E-state index is 4.53. The molecule has 0 aliphatic carbocycles. The van der Waals surface area contributed by atoms with Crippen molar-refractivity contribution in [2.24, 2.45) is 0 Å². The zero-order chi connectivity index (χ0) is 17.8. The largest absolute Gasteiger partial charge is 0.251 e. The van der Waals surface area contributed by atoms with Gasteiger partial charge >= 0.3 is 0 Å². The Kier molecular flexibility index (Phi) is 10.3. The van der Waals surface area contributed by atoms with Crippen molar-refractivity contribution in [1.29, 1.82) is 0 Å². The van der Waals surface area contributed by atoms with E-state index in [4.69, 9.17) is 0 Å². The summed E-state index contributed by atoms with van der Waals surface area (Å²) < 4.78 is 1.83. The first-order valence-corrected chi connectivity index (χ1v) is 8.50. The number of aryl methyl sites for hydroxylation is 2. The van der Waals surface area contributed by atoms with Crippen molar-refractivity contribution in [3.63, 3.8) is 0 Å². The maximum Gasteiger partial charge on any atom is 0.154 e. The van der Waals surface area contributed by atoms with Gasteiger partial charge in [0.05, 0.1) is 11.4 Å². The molecule has 3 aromatic heterocycles. The number of hydrogen-bond donors (Lipinski definition) is 0. The molecule has 0 amide bonds. The summed E-state index contributed by atoms with van der Waals surface area (Å²) in [5, 5.41) is 4.32. The van der Waals surface area contributed by atoms with Crippen LogP contribution >= 0.6 is 0 Å². The fourth-order valence-corrected chi connectivity index (χ4v) is 1.97. The monoisotopic (exact) mass is 314 g/mol. The maximum absolute atomic E-state index is 4.53. The summed E-state index contributed by atoms with van der Waals surface area (Å²) in [6.07, 6.45) is 1.76. The molecule has 126 valence electrons. The third-order valence-electron chi connectivity index (χ3n) is 2.70. The molecule has 0 fully saturated rings. The SMILES string of the molecule is CC.CC.CC.Cc1cccc(-c2c(C)nc3cccnn23)n1. The molecule has 0 atom stereocenters. The molecule has 4 heteroatoms.